The minimum Gasteiger partial charge on any atom is -0.0837 e. The van der Waals surface area contributed by atoms with Gasteiger partial charge in [-0.25, -0.2) is 0 Å². The fourth-order valence-electron chi connectivity index (χ4n) is 3.63. The average molecular weight is 384 g/mol. The van der Waals surface area contributed by atoms with Crippen molar-refractivity contribution in [3.8, 4) is 0 Å². The summed E-state index contributed by atoms with van der Waals surface area (Å²) < 4.78 is 1.10. The molecule has 0 nitrogen and oxygen atoms in total. The molecule has 2 aliphatic carbocycles. The maximum atomic E-state index is 6.49. The summed E-state index contributed by atoms with van der Waals surface area (Å²) in [5.74, 6) is 0.398. The Bertz CT molecular complexity index is 886. The van der Waals surface area contributed by atoms with E-state index in [2.05, 4.69) is 71.4 Å². The van der Waals surface area contributed by atoms with E-state index in [0.29, 0.717) is 5.92 Å². The first-order valence-electron chi connectivity index (χ1n) is 7.77. The van der Waals surface area contributed by atoms with Gasteiger partial charge in [0.1, 0.15) is 0 Å². The molecule has 0 bridgehead atoms. The van der Waals surface area contributed by atoms with Crippen molar-refractivity contribution in [2.75, 3.05) is 0 Å². The normalized spacial score (nSPS) is 19.3. The molecule has 2 aromatic carbocycles. The maximum absolute atomic E-state index is 6.49. The molecule has 114 valence electrons. The molecule has 0 amide bonds. The van der Waals surface area contributed by atoms with Gasteiger partial charge in [0.2, 0.25) is 0 Å². The molecule has 0 heterocycles. The van der Waals surface area contributed by atoms with E-state index in [1.54, 1.807) is 0 Å². The summed E-state index contributed by atoms with van der Waals surface area (Å²) in [5, 5.41) is 0.804. The lowest BCUT2D eigenvalue weighted by Gasteiger charge is -2.20. The first-order valence-corrected chi connectivity index (χ1v) is 8.94. The number of fused-ring (bicyclic) bond motifs is 3. The molecule has 0 spiro atoms. The van der Waals surface area contributed by atoms with Gasteiger partial charge in [-0.15, -0.1) is 0 Å². The van der Waals surface area contributed by atoms with Crippen molar-refractivity contribution in [1.82, 2.24) is 0 Å². The Hall–Kier alpha value is -1.57. The molecule has 0 aliphatic heterocycles. The summed E-state index contributed by atoms with van der Waals surface area (Å²) >= 11 is 10.1. The SMILES string of the molecule is CC1=CC=C2CC=C(c3ccccc3Cl)c3cc(Br)ccc3C12. The van der Waals surface area contributed by atoms with Gasteiger partial charge in [-0.1, -0.05) is 81.2 Å². The smallest absolute Gasteiger partial charge is 0.0484 e. The predicted molar refractivity (Wildman–Crippen MR) is 102 cm³/mol. The third-order valence-electron chi connectivity index (χ3n) is 4.71. The highest BCUT2D eigenvalue weighted by molar-refractivity contribution is 9.10. The molecule has 2 aliphatic rings. The zero-order valence-electron chi connectivity index (χ0n) is 12.8. The summed E-state index contributed by atoms with van der Waals surface area (Å²) in [6, 6.07) is 14.7. The standard InChI is InChI=1S/C21H16BrCl/c1-13-6-7-14-8-10-16(17-4-2-3-5-20(17)23)19-12-15(22)9-11-18(19)21(13)14/h2-7,9-12,21H,8H2,1H3. The Kier molecular flexibility index (Phi) is 3.79. The third-order valence-corrected chi connectivity index (χ3v) is 5.53. The molecule has 0 fully saturated rings. The molecule has 0 N–H and O–H groups in total. The van der Waals surface area contributed by atoms with E-state index in [0.717, 1.165) is 21.5 Å². The van der Waals surface area contributed by atoms with E-state index in [-0.39, 0.29) is 0 Å². The van der Waals surface area contributed by atoms with Crippen LogP contribution in [0.2, 0.25) is 5.02 Å². The summed E-state index contributed by atoms with van der Waals surface area (Å²) in [6.07, 6.45) is 7.81. The Labute approximate surface area is 150 Å². The molecule has 4 rings (SSSR count). The first-order chi connectivity index (χ1) is 11.1. The quantitative estimate of drug-likeness (QED) is 0.502. The monoisotopic (exact) mass is 382 g/mol. The number of rotatable bonds is 1. The summed E-state index contributed by atoms with van der Waals surface area (Å²) in [6.45, 7) is 2.22. The largest absolute Gasteiger partial charge is 0.0837 e. The van der Waals surface area contributed by atoms with Crippen LogP contribution in [-0.2, 0) is 0 Å². The van der Waals surface area contributed by atoms with E-state index in [9.17, 15) is 0 Å². The molecule has 2 aromatic rings. The second-order valence-electron chi connectivity index (χ2n) is 6.12. The lowest BCUT2D eigenvalue weighted by atomic mass is 9.85. The zero-order chi connectivity index (χ0) is 16.0. The van der Waals surface area contributed by atoms with Gasteiger partial charge in [0.25, 0.3) is 0 Å². The molecule has 0 aromatic heterocycles. The topological polar surface area (TPSA) is 0 Å². The van der Waals surface area contributed by atoms with Crippen LogP contribution in [0, 0.1) is 0 Å². The molecule has 0 saturated carbocycles. The van der Waals surface area contributed by atoms with Crippen molar-refractivity contribution < 1.29 is 0 Å². The van der Waals surface area contributed by atoms with E-state index in [1.165, 1.54) is 27.8 Å². The van der Waals surface area contributed by atoms with Gasteiger partial charge >= 0.3 is 0 Å². The lowest BCUT2D eigenvalue weighted by Crippen LogP contribution is -2.02. The van der Waals surface area contributed by atoms with E-state index in [4.69, 9.17) is 11.6 Å². The van der Waals surface area contributed by atoms with Gasteiger partial charge in [0, 0.05) is 21.0 Å². The van der Waals surface area contributed by atoms with Crippen LogP contribution in [0.1, 0.15) is 36.0 Å². The van der Waals surface area contributed by atoms with Crippen LogP contribution in [0.3, 0.4) is 0 Å². The molecule has 0 saturated heterocycles. The van der Waals surface area contributed by atoms with E-state index >= 15 is 0 Å². The number of hydrogen-bond donors (Lipinski definition) is 0. The van der Waals surface area contributed by atoms with Gasteiger partial charge in [-0.3, -0.25) is 0 Å². The second-order valence-corrected chi connectivity index (χ2v) is 7.44. The van der Waals surface area contributed by atoms with Gasteiger partial charge in [0.15, 0.2) is 0 Å². The van der Waals surface area contributed by atoms with Crippen molar-refractivity contribution in [3.63, 3.8) is 0 Å². The van der Waals surface area contributed by atoms with Gasteiger partial charge < -0.3 is 0 Å². The summed E-state index contributed by atoms with van der Waals surface area (Å²) in [7, 11) is 0. The minimum atomic E-state index is 0.398. The Balaban J connectivity index is 1.97. The Morgan fingerprint density at radius 2 is 1.87 bits per heavy atom. The van der Waals surface area contributed by atoms with Crippen LogP contribution in [0.15, 0.2) is 76.3 Å². The molecule has 1 unspecified atom stereocenters. The fraction of sp³-hybridized carbons (Fsp3) is 0.143. The van der Waals surface area contributed by atoms with Crippen molar-refractivity contribution in [1.29, 1.82) is 0 Å². The number of hydrogen-bond acceptors (Lipinski definition) is 0. The van der Waals surface area contributed by atoms with Crippen LogP contribution in [0.25, 0.3) is 5.57 Å². The molecule has 23 heavy (non-hydrogen) atoms. The van der Waals surface area contributed by atoms with E-state index < -0.39 is 0 Å². The van der Waals surface area contributed by atoms with Crippen molar-refractivity contribution in [2.24, 2.45) is 0 Å². The summed E-state index contributed by atoms with van der Waals surface area (Å²) in [4.78, 5) is 0. The van der Waals surface area contributed by atoms with Crippen molar-refractivity contribution >= 4 is 33.1 Å². The second kappa shape index (κ2) is 5.81. The van der Waals surface area contributed by atoms with Gasteiger partial charge in [-0.2, -0.15) is 0 Å². The lowest BCUT2D eigenvalue weighted by molar-refractivity contribution is 0.915. The minimum absolute atomic E-state index is 0.398. The molecule has 0 radical (unpaired) electrons. The van der Waals surface area contributed by atoms with Crippen LogP contribution < -0.4 is 0 Å². The highest BCUT2D eigenvalue weighted by Crippen LogP contribution is 2.46. The average Bonchev–Trinajstić information content (AvgIpc) is 2.82. The van der Waals surface area contributed by atoms with Crippen LogP contribution in [0.5, 0.6) is 0 Å². The molecule has 2 heteroatoms. The van der Waals surface area contributed by atoms with Crippen LogP contribution >= 0.6 is 27.5 Å². The summed E-state index contributed by atoms with van der Waals surface area (Å²) in [5.41, 5.74) is 7.86. The highest BCUT2D eigenvalue weighted by Gasteiger charge is 2.28. The molecular weight excluding hydrogens is 368 g/mol. The maximum Gasteiger partial charge on any atom is 0.0484 e. The first kappa shape index (κ1) is 15.0. The van der Waals surface area contributed by atoms with Crippen molar-refractivity contribution in [2.45, 2.75) is 19.3 Å². The van der Waals surface area contributed by atoms with Crippen molar-refractivity contribution in [3.05, 3.63) is 98.0 Å². The number of halogens is 2. The molecular formula is C21H16BrCl. The highest BCUT2D eigenvalue weighted by atomic mass is 79.9. The van der Waals surface area contributed by atoms with E-state index in [1.807, 2.05) is 12.1 Å². The number of benzene rings is 2. The zero-order valence-corrected chi connectivity index (χ0v) is 15.2. The molecule has 1 atom stereocenters. The Morgan fingerprint density at radius 1 is 1.04 bits per heavy atom. The van der Waals surface area contributed by atoms with Crippen LogP contribution in [0.4, 0.5) is 0 Å². The predicted octanol–water partition coefficient (Wildman–Crippen LogP) is 6.91. The van der Waals surface area contributed by atoms with Crippen LogP contribution in [-0.4, -0.2) is 0 Å². The fourth-order valence-corrected chi connectivity index (χ4v) is 4.23. The Morgan fingerprint density at radius 3 is 2.70 bits per heavy atom. The van der Waals surface area contributed by atoms with Gasteiger partial charge in [-0.05, 0) is 48.2 Å². The van der Waals surface area contributed by atoms with Gasteiger partial charge in [0.05, 0.1) is 0 Å². The number of allylic oxidation sites excluding steroid dienone is 5. The third kappa shape index (κ3) is 2.52.